The van der Waals surface area contributed by atoms with Crippen molar-refractivity contribution in [2.24, 2.45) is 0 Å². The Labute approximate surface area is 153 Å². The summed E-state index contributed by atoms with van der Waals surface area (Å²) in [4.78, 5) is 0. The Hall–Kier alpha value is 0.0969. The first-order valence-corrected chi connectivity index (χ1v) is 13.0. The fourth-order valence-electron chi connectivity index (χ4n) is 3.41. The Balaban J connectivity index is 3.80. The molecule has 0 bridgehead atoms. The van der Waals surface area contributed by atoms with Crippen molar-refractivity contribution in [3.8, 4) is 0 Å². The standard InChI is InChI=1S/C20H46NO2Si/c1-7-10-11-12-13-14-15-16-18-21(4,5)19-17-20-24(6,22-8-2)23-9-3/h7-20H2,1-6H3/q+1. The first kappa shape index (κ1) is 24.1. The van der Waals surface area contributed by atoms with Crippen molar-refractivity contribution in [3.05, 3.63) is 0 Å². The van der Waals surface area contributed by atoms with Crippen molar-refractivity contribution in [2.75, 3.05) is 40.4 Å². The molecular formula is C20H46NO2Si+. The molecule has 0 aliphatic heterocycles. The molecule has 0 unspecified atom stereocenters. The largest absolute Gasteiger partial charge is 0.395 e. The Morgan fingerprint density at radius 3 is 1.62 bits per heavy atom. The van der Waals surface area contributed by atoms with Crippen LogP contribution in [0.3, 0.4) is 0 Å². The molecule has 0 spiro atoms. The zero-order valence-electron chi connectivity index (χ0n) is 17.7. The summed E-state index contributed by atoms with van der Waals surface area (Å²) < 4.78 is 13.0. The highest BCUT2D eigenvalue weighted by Gasteiger charge is 2.31. The normalized spacial score (nSPS) is 12.8. The Morgan fingerprint density at radius 1 is 0.667 bits per heavy atom. The molecule has 0 atom stereocenters. The van der Waals surface area contributed by atoms with Gasteiger partial charge in [0.05, 0.1) is 27.2 Å². The van der Waals surface area contributed by atoms with Crippen LogP contribution in [0.1, 0.15) is 78.6 Å². The predicted octanol–water partition coefficient (Wildman–Crippen LogP) is 5.74. The molecular weight excluding hydrogens is 314 g/mol. The summed E-state index contributed by atoms with van der Waals surface area (Å²) in [6.07, 6.45) is 12.5. The van der Waals surface area contributed by atoms with Gasteiger partial charge in [0, 0.05) is 13.2 Å². The van der Waals surface area contributed by atoms with E-state index in [1.165, 1.54) is 70.9 Å². The van der Waals surface area contributed by atoms with Crippen molar-refractivity contribution in [1.82, 2.24) is 0 Å². The maximum Gasteiger partial charge on any atom is 0.335 e. The Bertz CT molecular complexity index is 279. The van der Waals surface area contributed by atoms with E-state index < -0.39 is 8.56 Å². The molecule has 4 heteroatoms. The second kappa shape index (κ2) is 14.3. The lowest BCUT2D eigenvalue weighted by molar-refractivity contribution is -0.890. The third-order valence-corrected chi connectivity index (χ3v) is 7.97. The van der Waals surface area contributed by atoms with Crippen molar-refractivity contribution in [1.29, 1.82) is 0 Å². The van der Waals surface area contributed by atoms with E-state index in [1.54, 1.807) is 0 Å². The average molecular weight is 361 g/mol. The van der Waals surface area contributed by atoms with Crippen LogP contribution in [0.4, 0.5) is 0 Å². The first-order chi connectivity index (χ1) is 11.4. The van der Waals surface area contributed by atoms with E-state index >= 15 is 0 Å². The lowest BCUT2D eigenvalue weighted by Crippen LogP contribution is -2.44. The summed E-state index contributed by atoms with van der Waals surface area (Å²) in [5.74, 6) is 0. The van der Waals surface area contributed by atoms with E-state index in [0.717, 1.165) is 23.7 Å². The number of unbranched alkanes of at least 4 members (excludes halogenated alkanes) is 7. The van der Waals surface area contributed by atoms with Crippen molar-refractivity contribution >= 4 is 8.56 Å². The van der Waals surface area contributed by atoms with Gasteiger partial charge in [-0.15, -0.1) is 0 Å². The highest BCUT2D eigenvalue weighted by Crippen LogP contribution is 2.18. The van der Waals surface area contributed by atoms with E-state index in [1.807, 2.05) is 0 Å². The maximum atomic E-state index is 5.95. The van der Waals surface area contributed by atoms with Crippen LogP contribution in [0, 0.1) is 0 Å². The summed E-state index contributed by atoms with van der Waals surface area (Å²) in [5.41, 5.74) is 0. The van der Waals surface area contributed by atoms with E-state index in [9.17, 15) is 0 Å². The van der Waals surface area contributed by atoms with E-state index in [0.29, 0.717) is 0 Å². The molecule has 24 heavy (non-hydrogen) atoms. The molecule has 0 fully saturated rings. The van der Waals surface area contributed by atoms with Crippen LogP contribution in [0.25, 0.3) is 0 Å². The van der Waals surface area contributed by atoms with Gasteiger partial charge < -0.3 is 13.3 Å². The smallest absolute Gasteiger partial charge is 0.335 e. The Kier molecular flexibility index (Phi) is 14.3. The number of hydrogen-bond donors (Lipinski definition) is 0. The molecule has 146 valence electrons. The van der Waals surface area contributed by atoms with Gasteiger partial charge in [0.2, 0.25) is 0 Å². The fraction of sp³-hybridized carbons (Fsp3) is 1.00. The van der Waals surface area contributed by atoms with E-state index in [2.05, 4.69) is 41.4 Å². The van der Waals surface area contributed by atoms with Gasteiger partial charge in [0.1, 0.15) is 0 Å². The SMILES string of the molecule is CCCCCCCCCC[N+](C)(C)CCC[Si](C)(OCC)OCC. The van der Waals surface area contributed by atoms with Crippen LogP contribution in [-0.2, 0) is 8.85 Å². The zero-order valence-corrected chi connectivity index (χ0v) is 18.7. The Morgan fingerprint density at radius 2 is 1.12 bits per heavy atom. The quantitative estimate of drug-likeness (QED) is 0.187. The van der Waals surface area contributed by atoms with Crippen molar-refractivity contribution in [3.63, 3.8) is 0 Å². The van der Waals surface area contributed by atoms with Gasteiger partial charge in [-0.05, 0) is 45.7 Å². The molecule has 0 aromatic heterocycles. The topological polar surface area (TPSA) is 18.5 Å². The molecule has 0 aliphatic rings. The minimum Gasteiger partial charge on any atom is -0.395 e. The van der Waals surface area contributed by atoms with Gasteiger partial charge in [-0.25, -0.2) is 0 Å². The molecule has 0 radical (unpaired) electrons. The van der Waals surface area contributed by atoms with Gasteiger partial charge >= 0.3 is 8.56 Å². The molecule has 0 aromatic rings. The third-order valence-electron chi connectivity index (χ3n) is 4.91. The van der Waals surface area contributed by atoms with Crippen LogP contribution in [0.2, 0.25) is 12.6 Å². The lowest BCUT2D eigenvalue weighted by atomic mass is 10.1. The van der Waals surface area contributed by atoms with Gasteiger partial charge in [-0.2, -0.15) is 0 Å². The number of hydrogen-bond acceptors (Lipinski definition) is 2. The predicted molar refractivity (Wildman–Crippen MR) is 109 cm³/mol. The molecule has 0 N–H and O–H groups in total. The van der Waals surface area contributed by atoms with Crippen LogP contribution in [-0.4, -0.2) is 53.4 Å². The van der Waals surface area contributed by atoms with Crippen LogP contribution in [0.5, 0.6) is 0 Å². The molecule has 0 heterocycles. The second-order valence-corrected chi connectivity index (χ2v) is 11.3. The minimum absolute atomic E-state index is 0.777. The second-order valence-electron chi connectivity index (χ2n) is 7.96. The lowest BCUT2D eigenvalue weighted by Gasteiger charge is -2.32. The van der Waals surface area contributed by atoms with Gasteiger partial charge in [-0.3, -0.25) is 0 Å². The number of nitrogens with zero attached hydrogens (tertiary/aromatic N) is 1. The number of rotatable bonds is 17. The minimum atomic E-state index is -1.92. The third kappa shape index (κ3) is 13.4. The molecule has 0 saturated heterocycles. The zero-order chi connectivity index (χ0) is 18.3. The monoisotopic (exact) mass is 360 g/mol. The average Bonchev–Trinajstić information content (AvgIpc) is 2.50. The molecule has 0 aliphatic carbocycles. The molecule has 3 nitrogen and oxygen atoms in total. The summed E-state index contributed by atoms with van der Waals surface area (Å²) in [5, 5.41) is 0. The van der Waals surface area contributed by atoms with Gasteiger partial charge in [0.25, 0.3) is 0 Å². The van der Waals surface area contributed by atoms with Crippen molar-refractivity contribution in [2.45, 2.75) is 91.1 Å². The van der Waals surface area contributed by atoms with Gasteiger partial charge in [0.15, 0.2) is 0 Å². The van der Waals surface area contributed by atoms with Crippen molar-refractivity contribution < 1.29 is 13.3 Å². The van der Waals surface area contributed by atoms with Crippen LogP contribution < -0.4 is 0 Å². The summed E-state index contributed by atoms with van der Waals surface area (Å²) in [7, 11) is 2.83. The van der Waals surface area contributed by atoms with Gasteiger partial charge in [-0.1, -0.05) is 45.4 Å². The maximum absolute atomic E-state index is 5.95. The van der Waals surface area contributed by atoms with E-state index in [-0.39, 0.29) is 0 Å². The molecule has 0 aromatic carbocycles. The van der Waals surface area contributed by atoms with Crippen LogP contribution in [0.15, 0.2) is 0 Å². The number of quaternary nitrogens is 1. The summed E-state index contributed by atoms with van der Waals surface area (Å²) in [6, 6.07) is 1.12. The van der Waals surface area contributed by atoms with E-state index in [4.69, 9.17) is 8.85 Å². The molecule has 0 amide bonds. The molecule has 0 rings (SSSR count). The van der Waals surface area contributed by atoms with Crippen LogP contribution >= 0.6 is 0 Å². The highest BCUT2D eigenvalue weighted by molar-refractivity contribution is 6.66. The highest BCUT2D eigenvalue weighted by atomic mass is 28.4. The summed E-state index contributed by atoms with van der Waals surface area (Å²) in [6.45, 7) is 12.7. The first-order valence-electron chi connectivity index (χ1n) is 10.5. The summed E-state index contributed by atoms with van der Waals surface area (Å²) >= 11 is 0. The molecule has 0 saturated carbocycles. The fourth-order valence-corrected chi connectivity index (χ4v) is 5.80.